The maximum absolute atomic E-state index is 12.1. The number of nitrogens with one attached hydrogen (secondary N) is 1. The Bertz CT molecular complexity index is 834. The summed E-state index contributed by atoms with van der Waals surface area (Å²) in [5, 5.41) is 11.7. The molecule has 0 radical (unpaired) electrons. The van der Waals surface area contributed by atoms with Gasteiger partial charge in [0.05, 0.1) is 11.6 Å². The van der Waals surface area contributed by atoms with Crippen LogP contribution in [0.4, 0.5) is 11.4 Å². The zero-order valence-electron chi connectivity index (χ0n) is 15.7. The molecule has 140 valence electrons. The number of likely N-dealkylation sites (N-methyl/N-ethyl adjacent to an activating group) is 1. The smallest absolute Gasteiger partial charge is 0.262 e. The largest absolute Gasteiger partial charge is 0.484 e. The molecule has 1 aliphatic heterocycles. The molecule has 27 heavy (non-hydrogen) atoms. The summed E-state index contributed by atoms with van der Waals surface area (Å²) in [4.78, 5) is 16.9. The Morgan fingerprint density at radius 2 is 1.85 bits per heavy atom. The van der Waals surface area contributed by atoms with Gasteiger partial charge in [0.15, 0.2) is 6.61 Å². The number of carbonyl (C=O) groups excluding carboxylic acids is 1. The van der Waals surface area contributed by atoms with E-state index in [9.17, 15) is 4.79 Å². The zero-order chi connectivity index (χ0) is 19.2. The third kappa shape index (κ3) is 4.99. The van der Waals surface area contributed by atoms with Crippen LogP contribution in [0, 0.1) is 18.3 Å². The first-order valence-corrected chi connectivity index (χ1v) is 9.02. The third-order valence-electron chi connectivity index (χ3n) is 4.68. The molecule has 1 N–H and O–H groups in total. The Kier molecular flexibility index (Phi) is 5.94. The number of ether oxygens (including phenoxy) is 1. The van der Waals surface area contributed by atoms with Crippen molar-refractivity contribution < 1.29 is 9.53 Å². The molecule has 0 bridgehead atoms. The fourth-order valence-corrected chi connectivity index (χ4v) is 3.11. The summed E-state index contributed by atoms with van der Waals surface area (Å²) >= 11 is 0. The minimum absolute atomic E-state index is 0.0782. The van der Waals surface area contributed by atoms with Gasteiger partial charge in [0, 0.05) is 37.6 Å². The minimum Gasteiger partial charge on any atom is -0.484 e. The second-order valence-corrected chi connectivity index (χ2v) is 6.76. The first-order chi connectivity index (χ1) is 13.0. The van der Waals surface area contributed by atoms with E-state index in [0.717, 1.165) is 37.4 Å². The quantitative estimate of drug-likeness (QED) is 0.883. The van der Waals surface area contributed by atoms with Crippen molar-refractivity contribution in [1.29, 1.82) is 5.26 Å². The van der Waals surface area contributed by atoms with Gasteiger partial charge >= 0.3 is 0 Å². The van der Waals surface area contributed by atoms with Crippen LogP contribution < -0.4 is 15.0 Å². The van der Waals surface area contributed by atoms with Gasteiger partial charge in [-0.1, -0.05) is 0 Å². The summed E-state index contributed by atoms with van der Waals surface area (Å²) in [7, 11) is 2.14. The predicted octanol–water partition coefficient (Wildman–Crippen LogP) is 2.64. The summed E-state index contributed by atoms with van der Waals surface area (Å²) in [6.07, 6.45) is 0. The van der Waals surface area contributed by atoms with E-state index in [1.807, 2.05) is 18.2 Å². The fraction of sp³-hybridized carbons (Fsp3) is 0.333. The molecular formula is C21H24N4O2. The van der Waals surface area contributed by atoms with Crippen LogP contribution in [-0.2, 0) is 4.79 Å². The summed E-state index contributed by atoms with van der Waals surface area (Å²) < 4.78 is 5.46. The van der Waals surface area contributed by atoms with E-state index in [4.69, 9.17) is 10.00 Å². The van der Waals surface area contributed by atoms with Gasteiger partial charge in [0.1, 0.15) is 5.75 Å². The zero-order valence-corrected chi connectivity index (χ0v) is 15.7. The maximum Gasteiger partial charge on any atom is 0.262 e. The molecular weight excluding hydrogens is 340 g/mol. The Morgan fingerprint density at radius 1 is 1.15 bits per heavy atom. The number of rotatable bonds is 5. The van der Waals surface area contributed by atoms with Gasteiger partial charge in [0.2, 0.25) is 0 Å². The van der Waals surface area contributed by atoms with Crippen LogP contribution in [0.5, 0.6) is 5.75 Å². The van der Waals surface area contributed by atoms with Crippen LogP contribution in [0.25, 0.3) is 0 Å². The standard InChI is InChI=1S/C21H24N4O2/c1-16-13-18(5-8-20(16)25-11-9-24(2)10-12-25)23-21(26)15-27-19-6-3-17(14-22)4-7-19/h3-8,13H,9-12,15H2,1-2H3,(H,23,26). The number of nitriles is 1. The molecule has 3 rings (SSSR count). The van der Waals surface area contributed by atoms with Gasteiger partial charge < -0.3 is 19.9 Å². The molecule has 2 aromatic carbocycles. The number of hydrogen-bond donors (Lipinski definition) is 1. The van der Waals surface area contributed by atoms with E-state index in [2.05, 4.69) is 35.2 Å². The maximum atomic E-state index is 12.1. The molecule has 1 heterocycles. The molecule has 1 saturated heterocycles. The van der Waals surface area contributed by atoms with E-state index >= 15 is 0 Å². The van der Waals surface area contributed by atoms with E-state index in [0.29, 0.717) is 11.3 Å². The lowest BCUT2D eigenvalue weighted by Crippen LogP contribution is -2.44. The lowest BCUT2D eigenvalue weighted by molar-refractivity contribution is -0.118. The first kappa shape index (κ1) is 18.7. The van der Waals surface area contributed by atoms with Gasteiger partial charge in [0.25, 0.3) is 5.91 Å². The number of amides is 1. The highest BCUT2D eigenvalue weighted by molar-refractivity contribution is 5.92. The Balaban J connectivity index is 1.54. The van der Waals surface area contributed by atoms with Crippen LogP contribution in [0.1, 0.15) is 11.1 Å². The molecule has 6 nitrogen and oxygen atoms in total. The van der Waals surface area contributed by atoms with Crippen LogP contribution >= 0.6 is 0 Å². The second kappa shape index (κ2) is 8.56. The summed E-state index contributed by atoms with van der Waals surface area (Å²) in [6, 6.07) is 14.7. The van der Waals surface area contributed by atoms with E-state index < -0.39 is 0 Å². The number of nitrogens with zero attached hydrogens (tertiary/aromatic N) is 3. The molecule has 1 fully saturated rings. The van der Waals surface area contributed by atoms with Crippen LogP contribution in [0.3, 0.4) is 0 Å². The van der Waals surface area contributed by atoms with E-state index in [-0.39, 0.29) is 12.5 Å². The number of anilines is 2. The van der Waals surface area contributed by atoms with Crippen molar-refractivity contribution in [3.63, 3.8) is 0 Å². The van der Waals surface area contributed by atoms with Crippen molar-refractivity contribution in [2.45, 2.75) is 6.92 Å². The summed E-state index contributed by atoms with van der Waals surface area (Å²) in [6.45, 7) is 6.14. The highest BCUT2D eigenvalue weighted by Crippen LogP contribution is 2.24. The SMILES string of the molecule is Cc1cc(NC(=O)COc2ccc(C#N)cc2)ccc1N1CCN(C)CC1. The topological polar surface area (TPSA) is 68.6 Å². The molecule has 1 amide bonds. The number of piperazine rings is 1. The number of carbonyl (C=O) groups is 1. The van der Waals surface area contributed by atoms with Gasteiger partial charge in [-0.2, -0.15) is 5.26 Å². The molecule has 0 aliphatic carbocycles. The van der Waals surface area contributed by atoms with Crippen LogP contribution in [0.2, 0.25) is 0 Å². The Labute approximate surface area is 160 Å². The summed E-state index contributed by atoms with van der Waals surface area (Å²) in [5.74, 6) is 0.344. The molecule has 6 heteroatoms. The average molecular weight is 364 g/mol. The molecule has 2 aromatic rings. The second-order valence-electron chi connectivity index (χ2n) is 6.76. The first-order valence-electron chi connectivity index (χ1n) is 9.02. The normalized spacial score (nSPS) is 14.5. The lowest BCUT2D eigenvalue weighted by atomic mass is 10.1. The number of aryl methyl sites for hydroxylation is 1. The molecule has 0 saturated carbocycles. The minimum atomic E-state index is -0.217. The Morgan fingerprint density at radius 3 is 2.48 bits per heavy atom. The summed E-state index contributed by atoms with van der Waals surface area (Å²) in [5.41, 5.74) is 3.68. The van der Waals surface area contributed by atoms with Gasteiger partial charge in [-0.05, 0) is 62.0 Å². The number of hydrogen-bond acceptors (Lipinski definition) is 5. The van der Waals surface area contributed by atoms with E-state index in [1.165, 1.54) is 5.69 Å². The molecule has 0 atom stereocenters. The average Bonchev–Trinajstić information content (AvgIpc) is 2.68. The molecule has 0 aromatic heterocycles. The lowest BCUT2D eigenvalue weighted by Gasteiger charge is -2.35. The van der Waals surface area contributed by atoms with Crippen molar-refractivity contribution in [2.75, 3.05) is 50.1 Å². The third-order valence-corrected chi connectivity index (χ3v) is 4.68. The van der Waals surface area contributed by atoms with Crippen molar-refractivity contribution in [3.05, 3.63) is 53.6 Å². The highest BCUT2D eigenvalue weighted by atomic mass is 16.5. The Hall–Kier alpha value is -3.04. The van der Waals surface area contributed by atoms with Crippen molar-refractivity contribution in [1.82, 2.24) is 4.90 Å². The van der Waals surface area contributed by atoms with Crippen molar-refractivity contribution in [2.24, 2.45) is 0 Å². The molecule has 1 aliphatic rings. The van der Waals surface area contributed by atoms with Crippen molar-refractivity contribution in [3.8, 4) is 11.8 Å². The highest BCUT2D eigenvalue weighted by Gasteiger charge is 2.16. The molecule has 0 unspecified atom stereocenters. The van der Waals surface area contributed by atoms with Gasteiger partial charge in [-0.25, -0.2) is 0 Å². The van der Waals surface area contributed by atoms with Gasteiger partial charge in [-0.3, -0.25) is 4.79 Å². The van der Waals surface area contributed by atoms with Crippen molar-refractivity contribution >= 4 is 17.3 Å². The molecule has 0 spiro atoms. The van der Waals surface area contributed by atoms with Crippen LogP contribution in [0.15, 0.2) is 42.5 Å². The van der Waals surface area contributed by atoms with E-state index in [1.54, 1.807) is 24.3 Å². The number of benzene rings is 2. The predicted molar refractivity (Wildman–Crippen MR) is 106 cm³/mol. The van der Waals surface area contributed by atoms with Gasteiger partial charge in [-0.15, -0.1) is 0 Å². The monoisotopic (exact) mass is 364 g/mol. The van der Waals surface area contributed by atoms with Crippen LogP contribution in [-0.4, -0.2) is 50.6 Å². The fourth-order valence-electron chi connectivity index (χ4n) is 3.11.